The van der Waals surface area contributed by atoms with Crippen LogP contribution < -0.4 is 5.32 Å². The summed E-state index contributed by atoms with van der Waals surface area (Å²) in [5.41, 5.74) is -0.293. The zero-order valence-electron chi connectivity index (χ0n) is 11.7. The molecule has 1 aromatic carbocycles. The molecule has 1 N–H and O–H groups in total. The predicted molar refractivity (Wildman–Crippen MR) is 72.7 cm³/mol. The summed E-state index contributed by atoms with van der Waals surface area (Å²) in [6.07, 6.45) is 4.60. The molecule has 0 saturated heterocycles. The molecular weight excluding hydrogens is 264 g/mol. The number of anilines is 1. The topological polar surface area (TPSA) is 38.3 Å². The van der Waals surface area contributed by atoms with Crippen LogP contribution in [0.1, 0.15) is 43.0 Å². The molecule has 0 aliphatic heterocycles. The monoisotopic (exact) mass is 283 g/mol. The van der Waals surface area contributed by atoms with Crippen LogP contribution >= 0.6 is 0 Å². The Labute approximate surface area is 117 Å². The van der Waals surface area contributed by atoms with E-state index in [9.17, 15) is 13.6 Å². The number of methoxy groups -OCH3 is 1. The summed E-state index contributed by atoms with van der Waals surface area (Å²) in [7, 11) is 1.13. The highest BCUT2D eigenvalue weighted by molar-refractivity contribution is 5.90. The lowest BCUT2D eigenvalue weighted by atomic mass is 9.99. The number of carbonyl (C=O) groups is 1. The first kappa shape index (κ1) is 14.8. The molecule has 1 aliphatic rings. The lowest BCUT2D eigenvalue weighted by molar-refractivity contribution is 0.0594. The summed E-state index contributed by atoms with van der Waals surface area (Å²) in [4.78, 5) is 11.3. The second kappa shape index (κ2) is 6.20. The van der Waals surface area contributed by atoms with Gasteiger partial charge in [0.15, 0.2) is 11.6 Å². The van der Waals surface area contributed by atoms with Gasteiger partial charge in [-0.15, -0.1) is 0 Å². The number of carbonyl (C=O) groups excluding carboxylic acids is 1. The summed E-state index contributed by atoms with van der Waals surface area (Å²) in [5, 5.41) is 3.01. The van der Waals surface area contributed by atoms with Crippen LogP contribution in [0.2, 0.25) is 0 Å². The molecule has 5 heteroatoms. The van der Waals surface area contributed by atoms with Crippen LogP contribution in [0, 0.1) is 17.6 Å². The maximum Gasteiger partial charge on any atom is 0.340 e. The smallest absolute Gasteiger partial charge is 0.340 e. The van der Waals surface area contributed by atoms with Crippen molar-refractivity contribution in [1.82, 2.24) is 0 Å². The average Bonchev–Trinajstić information content (AvgIpc) is 2.97. The fourth-order valence-corrected chi connectivity index (χ4v) is 2.75. The van der Waals surface area contributed by atoms with E-state index in [0.29, 0.717) is 5.92 Å². The molecular formula is C15H19F2NO2. The van der Waals surface area contributed by atoms with Crippen LogP contribution in [0.4, 0.5) is 14.5 Å². The number of benzene rings is 1. The van der Waals surface area contributed by atoms with Crippen molar-refractivity contribution in [3.8, 4) is 0 Å². The van der Waals surface area contributed by atoms with Gasteiger partial charge in [0, 0.05) is 6.04 Å². The Kier molecular flexibility index (Phi) is 4.57. The highest BCUT2D eigenvalue weighted by Gasteiger charge is 2.24. The van der Waals surface area contributed by atoms with Crippen LogP contribution in [0.3, 0.4) is 0 Å². The second-order valence-corrected chi connectivity index (χ2v) is 5.26. The van der Waals surface area contributed by atoms with Crippen molar-refractivity contribution in [1.29, 1.82) is 0 Å². The van der Waals surface area contributed by atoms with Gasteiger partial charge >= 0.3 is 5.97 Å². The van der Waals surface area contributed by atoms with Crippen molar-refractivity contribution < 1.29 is 18.3 Å². The van der Waals surface area contributed by atoms with Crippen molar-refractivity contribution in [3.05, 3.63) is 29.3 Å². The quantitative estimate of drug-likeness (QED) is 0.855. The number of nitrogens with one attached hydrogen (secondary N) is 1. The van der Waals surface area contributed by atoms with Crippen molar-refractivity contribution in [2.75, 3.05) is 12.4 Å². The Morgan fingerprint density at radius 2 is 1.95 bits per heavy atom. The molecule has 0 heterocycles. The molecule has 1 saturated carbocycles. The summed E-state index contributed by atoms with van der Waals surface area (Å²) in [6, 6.07) is 2.71. The molecule has 1 fully saturated rings. The molecule has 0 radical (unpaired) electrons. The van der Waals surface area contributed by atoms with Gasteiger partial charge in [-0.1, -0.05) is 12.8 Å². The highest BCUT2D eigenvalue weighted by atomic mass is 19.2. The van der Waals surface area contributed by atoms with Crippen LogP contribution in [-0.2, 0) is 4.74 Å². The van der Waals surface area contributed by atoms with Crippen LogP contribution in [0.25, 0.3) is 0 Å². The van der Waals surface area contributed by atoms with Gasteiger partial charge in [0.05, 0.1) is 18.4 Å². The minimum atomic E-state index is -1.17. The first-order chi connectivity index (χ1) is 9.54. The van der Waals surface area contributed by atoms with Gasteiger partial charge in [-0.25, -0.2) is 13.6 Å². The maximum absolute atomic E-state index is 14.0. The molecule has 0 amide bonds. The summed E-state index contributed by atoms with van der Waals surface area (Å²) >= 11 is 0. The normalized spacial score (nSPS) is 17.0. The van der Waals surface area contributed by atoms with E-state index in [4.69, 9.17) is 0 Å². The first-order valence-electron chi connectivity index (χ1n) is 6.87. The molecule has 1 aromatic rings. The van der Waals surface area contributed by atoms with Gasteiger partial charge in [0.2, 0.25) is 0 Å². The third kappa shape index (κ3) is 2.92. The molecule has 0 spiro atoms. The molecule has 1 aliphatic carbocycles. The zero-order valence-corrected chi connectivity index (χ0v) is 11.7. The summed E-state index contributed by atoms with van der Waals surface area (Å²) < 4.78 is 32.2. The van der Waals surface area contributed by atoms with Crippen molar-refractivity contribution in [2.24, 2.45) is 5.92 Å². The van der Waals surface area contributed by atoms with Crippen molar-refractivity contribution in [3.63, 3.8) is 0 Å². The van der Waals surface area contributed by atoms with E-state index in [-0.39, 0.29) is 17.3 Å². The second-order valence-electron chi connectivity index (χ2n) is 5.26. The largest absolute Gasteiger partial charge is 0.465 e. The highest BCUT2D eigenvalue weighted by Crippen LogP contribution is 2.30. The summed E-state index contributed by atoms with van der Waals surface area (Å²) in [5.74, 6) is -2.59. The molecule has 1 unspecified atom stereocenters. The number of hydrogen-bond acceptors (Lipinski definition) is 3. The van der Waals surface area contributed by atoms with Crippen LogP contribution in [0.5, 0.6) is 0 Å². The number of halogens is 2. The van der Waals surface area contributed by atoms with Gasteiger partial charge < -0.3 is 10.1 Å². The SMILES string of the molecule is COC(=O)c1ccc(NC(C)C2CCCC2)c(F)c1F. The molecule has 1 atom stereocenters. The third-order valence-electron chi connectivity index (χ3n) is 3.98. The fourth-order valence-electron chi connectivity index (χ4n) is 2.75. The molecule has 0 bridgehead atoms. The number of ether oxygens (including phenoxy) is 1. The zero-order chi connectivity index (χ0) is 14.7. The average molecular weight is 283 g/mol. The Morgan fingerprint density at radius 1 is 1.30 bits per heavy atom. The molecule has 3 nitrogen and oxygen atoms in total. The molecule has 0 aromatic heterocycles. The van der Waals surface area contributed by atoms with Gasteiger partial charge in [-0.3, -0.25) is 0 Å². The Morgan fingerprint density at radius 3 is 2.55 bits per heavy atom. The number of esters is 1. The fraction of sp³-hybridized carbons (Fsp3) is 0.533. The molecule has 20 heavy (non-hydrogen) atoms. The first-order valence-corrected chi connectivity index (χ1v) is 6.87. The lowest BCUT2D eigenvalue weighted by Gasteiger charge is -2.22. The van der Waals surface area contributed by atoms with E-state index in [2.05, 4.69) is 10.1 Å². The van der Waals surface area contributed by atoms with E-state index < -0.39 is 17.6 Å². The Hall–Kier alpha value is -1.65. The Bertz CT molecular complexity index is 499. The minimum Gasteiger partial charge on any atom is -0.465 e. The number of hydrogen-bond donors (Lipinski definition) is 1. The Balaban J connectivity index is 2.16. The van der Waals surface area contributed by atoms with Gasteiger partial charge in [-0.05, 0) is 37.8 Å². The maximum atomic E-state index is 14.0. The lowest BCUT2D eigenvalue weighted by Crippen LogP contribution is -2.24. The van der Waals surface area contributed by atoms with Gasteiger partial charge in [-0.2, -0.15) is 0 Å². The van der Waals surface area contributed by atoms with E-state index in [1.807, 2.05) is 6.92 Å². The van der Waals surface area contributed by atoms with Crippen molar-refractivity contribution >= 4 is 11.7 Å². The van der Waals surface area contributed by atoms with E-state index in [1.54, 1.807) is 0 Å². The van der Waals surface area contributed by atoms with Gasteiger partial charge in [0.1, 0.15) is 0 Å². The summed E-state index contributed by atoms with van der Waals surface area (Å²) in [6.45, 7) is 1.97. The van der Waals surface area contributed by atoms with E-state index in [0.717, 1.165) is 20.0 Å². The van der Waals surface area contributed by atoms with Crippen LogP contribution in [-0.4, -0.2) is 19.1 Å². The predicted octanol–water partition coefficient (Wildman–Crippen LogP) is 3.74. The standard InChI is InChI=1S/C15H19F2NO2/c1-9(10-5-3-4-6-10)18-12-8-7-11(15(19)20-2)13(16)14(12)17/h7-10,18H,3-6H2,1-2H3. The van der Waals surface area contributed by atoms with Gasteiger partial charge in [0.25, 0.3) is 0 Å². The van der Waals surface area contributed by atoms with Crippen molar-refractivity contribution in [2.45, 2.75) is 38.6 Å². The van der Waals surface area contributed by atoms with Crippen LogP contribution in [0.15, 0.2) is 12.1 Å². The molecule has 110 valence electrons. The third-order valence-corrected chi connectivity index (χ3v) is 3.98. The molecule has 2 rings (SSSR count). The van der Waals surface area contributed by atoms with E-state index >= 15 is 0 Å². The number of rotatable bonds is 4. The minimum absolute atomic E-state index is 0.0791. The van der Waals surface area contributed by atoms with E-state index in [1.165, 1.54) is 25.0 Å².